The fourth-order valence-electron chi connectivity index (χ4n) is 2.46. The molecule has 3 rings (SSSR count). The molecule has 0 aliphatic heterocycles. The number of hydrogen-bond acceptors (Lipinski definition) is 2. The Hall–Kier alpha value is -1.71. The summed E-state index contributed by atoms with van der Waals surface area (Å²) in [5.74, 6) is 0.593. The van der Waals surface area contributed by atoms with E-state index in [9.17, 15) is 0 Å². The van der Waals surface area contributed by atoms with Crippen molar-refractivity contribution in [3.8, 4) is 11.3 Å². The van der Waals surface area contributed by atoms with E-state index in [1.807, 2.05) is 36.4 Å². The second-order valence-electron chi connectivity index (χ2n) is 4.87. The van der Waals surface area contributed by atoms with E-state index in [0.717, 1.165) is 22.5 Å². The molecule has 0 unspecified atom stereocenters. The lowest BCUT2D eigenvalue weighted by molar-refractivity contribution is 1.09. The lowest BCUT2D eigenvalue weighted by atomic mass is 10.1. The van der Waals surface area contributed by atoms with Gasteiger partial charge in [0.2, 0.25) is 0 Å². The molecule has 0 saturated carbocycles. The highest BCUT2D eigenvalue weighted by atomic mass is 35.5. The third kappa shape index (κ3) is 2.13. The lowest BCUT2D eigenvalue weighted by Gasteiger charge is -2.04. The van der Waals surface area contributed by atoms with Gasteiger partial charge in [-0.25, -0.2) is 4.98 Å². The molecule has 2 N–H and O–H groups in total. The minimum absolute atomic E-state index is 0.567. The number of nitrogens with zero attached hydrogens (tertiary/aromatic N) is 2. The van der Waals surface area contributed by atoms with Crippen molar-refractivity contribution in [2.45, 2.75) is 13.8 Å². The fraction of sp³-hybridized carbons (Fsp3) is 0.133. The van der Waals surface area contributed by atoms with Crippen LogP contribution in [-0.4, -0.2) is 9.38 Å². The van der Waals surface area contributed by atoms with Gasteiger partial charge in [0.05, 0.1) is 0 Å². The molecule has 0 spiro atoms. The lowest BCUT2D eigenvalue weighted by Crippen LogP contribution is -1.98. The monoisotopic (exact) mass is 305 g/mol. The van der Waals surface area contributed by atoms with Crippen LogP contribution in [0.1, 0.15) is 11.3 Å². The number of nitrogen functional groups attached to an aromatic ring is 1. The summed E-state index contributed by atoms with van der Waals surface area (Å²) in [6.07, 6.45) is 0. The molecule has 0 aliphatic rings. The van der Waals surface area contributed by atoms with Crippen LogP contribution in [0.15, 0.2) is 30.3 Å². The first kappa shape index (κ1) is 13.3. The van der Waals surface area contributed by atoms with Gasteiger partial charge in [0, 0.05) is 21.3 Å². The highest BCUT2D eigenvalue weighted by Gasteiger charge is 2.14. The first-order chi connectivity index (χ1) is 9.45. The summed E-state index contributed by atoms with van der Waals surface area (Å²) in [4.78, 5) is 4.61. The van der Waals surface area contributed by atoms with Crippen molar-refractivity contribution in [3.05, 3.63) is 51.6 Å². The largest absolute Gasteiger partial charge is 0.383 e. The molecule has 0 aliphatic carbocycles. The number of anilines is 1. The number of aromatic nitrogens is 2. The van der Waals surface area contributed by atoms with Crippen molar-refractivity contribution < 1.29 is 0 Å². The maximum absolute atomic E-state index is 6.24. The zero-order valence-electron chi connectivity index (χ0n) is 11.1. The van der Waals surface area contributed by atoms with Crippen LogP contribution in [0, 0.1) is 13.8 Å². The number of imidazole rings is 1. The molecule has 0 atom stereocenters. The van der Waals surface area contributed by atoms with E-state index in [0.29, 0.717) is 21.6 Å². The maximum Gasteiger partial charge on any atom is 0.139 e. The molecular formula is C15H13Cl2N3. The van der Waals surface area contributed by atoms with Crippen molar-refractivity contribution in [1.82, 2.24) is 9.38 Å². The van der Waals surface area contributed by atoms with Crippen LogP contribution in [0.3, 0.4) is 0 Å². The molecule has 0 bridgehead atoms. The van der Waals surface area contributed by atoms with Gasteiger partial charge >= 0.3 is 0 Å². The van der Waals surface area contributed by atoms with E-state index < -0.39 is 0 Å². The van der Waals surface area contributed by atoms with Crippen molar-refractivity contribution in [2.75, 3.05) is 5.73 Å². The zero-order chi connectivity index (χ0) is 14.4. The van der Waals surface area contributed by atoms with E-state index in [-0.39, 0.29) is 0 Å². The molecule has 0 fully saturated rings. The normalized spacial score (nSPS) is 11.2. The van der Waals surface area contributed by atoms with E-state index in [4.69, 9.17) is 28.9 Å². The Bertz CT molecular complexity index is 801. The predicted molar refractivity (Wildman–Crippen MR) is 84.5 cm³/mol. The molecule has 2 aromatic heterocycles. The summed E-state index contributed by atoms with van der Waals surface area (Å²) >= 11 is 12.1. The Balaban J connectivity index is 2.32. The van der Waals surface area contributed by atoms with E-state index in [1.54, 1.807) is 6.07 Å². The quantitative estimate of drug-likeness (QED) is 0.719. The predicted octanol–water partition coefficient (Wildman–Crippen LogP) is 4.51. The summed E-state index contributed by atoms with van der Waals surface area (Å²) in [6.45, 7) is 4.04. The van der Waals surface area contributed by atoms with Crippen LogP contribution >= 0.6 is 23.2 Å². The SMILES string of the molecule is Cc1cc(C)n2c(N)c(-c3cc(Cl)cc(Cl)c3)nc2c1. The number of halogens is 2. The van der Waals surface area contributed by atoms with Crippen molar-refractivity contribution in [1.29, 1.82) is 0 Å². The van der Waals surface area contributed by atoms with Gasteiger partial charge in [0.25, 0.3) is 0 Å². The molecule has 3 nitrogen and oxygen atoms in total. The van der Waals surface area contributed by atoms with Gasteiger partial charge in [-0.1, -0.05) is 23.2 Å². The summed E-state index contributed by atoms with van der Waals surface area (Å²) in [5.41, 5.74) is 10.8. The average molecular weight is 306 g/mol. The Morgan fingerprint density at radius 1 is 1.00 bits per heavy atom. The van der Waals surface area contributed by atoms with Gasteiger partial charge in [0.15, 0.2) is 0 Å². The number of hydrogen-bond donors (Lipinski definition) is 1. The molecule has 0 saturated heterocycles. The maximum atomic E-state index is 6.24. The summed E-state index contributed by atoms with van der Waals surface area (Å²) < 4.78 is 1.93. The third-order valence-corrected chi connectivity index (χ3v) is 3.66. The molecular weight excluding hydrogens is 293 g/mol. The summed E-state index contributed by atoms with van der Waals surface area (Å²) in [5, 5.41) is 1.13. The van der Waals surface area contributed by atoms with Crippen LogP contribution in [-0.2, 0) is 0 Å². The van der Waals surface area contributed by atoms with Crippen LogP contribution in [0.4, 0.5) is 5.82 Å². The molecule has 3 aromatic rings. The van der Waals surface area contributed by atoms with Gasteiger partial charge < -0.3 is 5.73 Å². The van der Waals surface area contributed by atoms with Crippen LogP contribution < -0.4 is 5.73 Å². The van der Waals surface area contributed by atoms with Gasteiger partial charge in [-0.2, -0.15) is 0 Å². The van der Waals surface area contributed by atoms with E-state index in [1.165, 1.54) is 0 Å². The average Bonchev–Trinajstić information content (AvgIpc) is 2.65. The van der Waals surface area contributed by atoms with Crippen LogP contribution in [0.5, 0.6) is 0 Å². The van der Waals surface area contributed by atoms with Gasteiger partial charge in [-0.15, -0.1) is 0 Å². The topological polar surface area (TPSA) is 43.3 Å². The van der Waals surface area contributed by atoms with Gasteiger partial charge in [-0.05, 0) is 49.7 Å². The van der Waals surface area contributed by atoms with Crippen molar-refractivity contribution >= 4 is 34.7 Å². The van der Waals surface area contributed by atoms with Crippen LogP contribution in [0.2, 0.25) is 10.0 Å². The van der Waals surface area contributed by atoms with E-state index in [2.05, 4.69) is 11.1 Å². The third-order valence-electron chi connectivity index (χ3n) is 3.22. The smallest absolute Gasteiger partial charge is 0.139 e. The Kier molecular flexibility index (Phi) is 3.11. The Labute approximate surface area is 127 Å². The Morgan fingerprint density at radius 2 is 1.65 bits per heavy atom. The van der Waals surface area contributed by atoms with Gasteiger partial charge in [-0.3, -0.25) is 4.40 Å². The number of fused-ring (bicyclic) bond motifs is 1. The first-order valence-electron chi connectivity index (χ1n) is 6.17. The van der Waals surface area contributed by atoms with Crippen LogP contribution in [0.25, 0.3) is 16.9 Å². The second kappa shape index (κ2) is 4.69. The minimum Gasteiger partial charge on any atom is -0.383 e. The summed E-state index contributed by atoms with van der Waals surface area (Å²) in [7, 11) is 0. The highest BCUT2D eigenvalue weighted by molar-refractivity contribution is 6.35. The highest BCUT2D eigenvalue weighted by Crippen LogP contribution is 2.31. The summed E-state index contributed by atoms with van der Waals surface area (Å²) in [6, 6.07) is 9.38. The molecule has 1 aromatic carbocycles. The fourth-order valence-corrected chi connectivity index (χ4v) is 2.99. The number of aryl methyl sites for hydroxylation is 2. The van der Waals surface area contributed by atoms with Crippen molar-refractivity contribution in [2.24, 2.45) is 0 Å². The standard InChI is InChI=1S/C15H13Cl2N3/c1-8-3-9(2)20-13(4-8)19-14(15(20)18)10-5-11(16)7-12(17)6-10/h3-7H,18H2,1-2H3. The molecule has 102 valence electrons. The minimum atomic E-state index is 0.567. The van der Waals surface area contributed by atoms with Gasteiger partial charge in [0.1, 0.15) is 17.2 Å². The van der Waals surface area contributed by atoms with E-state index >= 15 is 0 Å². The molecule has 2 heterocycles. The number of pyridine rings is 1. The molecule has 0 radical (unpaired) electrons. The zero-order valence-corrected chi connectivity index (χ0v) is 12.6. The first-order valence-corrected chi connectivity index (χ1v) is 6.93. The van der Waals surface area contributed by atoms with Crippen molar-refractivity contribution in [3.63, 3.8) is 0 Å². The number of rotatable bonds is 1. The Morgan fingerprint density at radius 3 is 2.30 bits per heavy atom. The molecule has 20 heavy (non-hydrogen) atoms. The second-order valence-corrected chi connectivity index (χ2v) is 5.74. The molecule has 0 amide bonds. The number of nitrogens with two attached hydrogens (primary N) is 1. The molecule has 5 heteroatoms. The number of benzene rings is 1.